The zero-order chi connectivity index (χ0) is 18.5. The van der Waals surface area contributed by atoms with E-state index < -0.39 is 0 Å². The Kier molecular flexibility index (Phi) is 5.78. The fraction of sp³-hybridized carbons (Fsp3) is 0.280. The molecule has 1 nitrogen and oxygen atoms in total. The van der Waals surface area contributed by atoms with Crippen LogP contribution in [0, 0.1) is 20.8 Å². The van der Waals surface area contributed by atoms with Crippen molar-refractivity contribution in [3.63, 3.8) is 0 Å². The quantitative estimate of drug-likeness (QED) is 0.518. The van der Waals surface area contributed by atoms with Gasteiger partial charge in [-0.3, -0.25) is 0 Å². The third kappa shape index (κ3) is 4.35. The predicted octanol–water partition coefficient (Wildman–Crippen LogP) is 6.19. The van der Waals surface area contributed by atoms with E-state index in [2.05, 4.69) is 81.4 Å². The molecule has 3 rings (SSSR count). The summed E-state index contributed by atoms with van der Waals surface area (Å²) >= 11 is 0. The number of hydrogen-bond donors (Lipinski definition) is 0. The van der Waals surface area contributed by atoms with Crippen molar-refractivity contribution in [3.8, 4) is 5.75 Å². The zero-order valence-electron chi connectivity index (χ0n) is 16.3. The Bertz CT molecular complexity index is 855. The molecule has 0 saturated carbocycles. The molecule has 134 valence electrons. The lowest BCUT2D eigenvalue weighted by molar-refractivity contribution is 0.339. The van der Waals surface area contributed by atoms with Gasteiger partial charge in [0.25, 0.3) is 0 Å². The van der Waals surface area contributed by atoms with Crippen molar-refractivity contribution in [1.82, 2.24) is 0 Å². The van der Waals surface area contributed by atoms with Gasteiger partial charge >= 0.3 is 0 Å². The minimum Gasteiger partial charge on any atom is -0.494 e. The first kappa shape index (κ1) is 18.3. The number of rotatable bonds is 6. The number of aryl methyl sites for hydroxylation is 3. The molecule has 0 aromatic heterocycles. The monoisotopic (exact) mass is 344 g/mol. The number of hydrogen-bond acceptors (Lipinski definition) is 1. The Hall–Kier alpha value is -2.54. The molecule has 0 fully saturated rings. The minimum absolute atomic E-state index is 0.707. The van der Waals surface area contributed by atoms with Crippen molar-refractivity contribution in [2.75, 3.05) is 6.61 Å². The molecule has 0 saturated heterocycles. The highest BCUT2D eigenvalue weighted by Gasteiger charge is 2.09. The molecule has 0 unspecified atom stereocenters. The first-order valence-corrected chi connectivity index (χ1v) is 9.42. The zero-order valence-corrected chi connectivity index (χ0v) is 16.3. The lowest BCUT2D eigenvalue weighted by atomic mass is 9.92. The summed E-state index contributed by atoms with van der Waals surface area (Å²) < 4.78 is 5.67. The van der Waals surface area contributed by atoms with E-state index in [0.717, 1.165) is 18.6 Å². The molecule has 1 heteroatoms. The second-order valence-corrected chi connectivity index (χ2v) is 7.07. The fourth-order valence-corrected chi connectivity index (χ4v) is 3.53. The molecule has 26 heavy (non-hydrogen) atoms. The van der Waals surface area contributed by atoms with Crippen molar-refractivity contribution in [2.45, 2.75) is 40.5 Å². The van der Waals surface area contributed by atoms with Crippen LogP contribution in [0.1, 0.15) is 45.9 Å². The number of benzene rings is 3. The molecule has 0 atom stereocenters. The standard InChI is InChI=1S/C25H28O/c1-5-26-24-13-19(3)25(20(4)14-24)17-22-12-11-18(2)23(16-22)15-21-9-7-6-8-10-21/h6-14,16H,5,15,17H2,1-4H3. The van der Waals surface area contributed by atoms with E-state index in [1.165, 1.54) is 38.9 Å². The Morgan fingerprint density at radius 2 is 1.38 bits per heavy atom. The molecule has 0 aliphatic rings. The maximum absolute atomic E-state index is 5.67. The topological polar surface area (TPSA) is 9.23 Å². The molecule has 0 heterocycles. The van der Waals surface area contributed by atoms with Crippen LogP contribution in [0.4, 0.5) is 0 Å². The van der Waals surface area contributed by atoms with Crippen molar-refractivity contribution in [2.24, 2.45) is 0 Å². The van der Waals surface area contributed by atoms with Crippen LogP contribution in [-0.2, 0) is 12.8 Å². The van der Waals surface area contributed by atoms with Gasteiger partial charge in [-0.2, -0.15) is 0 Å². The Labute approximate surface area is 157 Å². The van der Waals surface area contributed by atoms with Gasteiger partial charge in [0.15, 0.2) is 0 Å². The van der Waals surface area contributed by atoms with Crippen molar-refractivity contribution in [1.29, 1.82) is 0 Å². The Morgan fingerprint density at radius 3 is 2.04 bits per heavy atom. The van der Waals surface area contributed by atoms with Crippen LogP contribution in [0.5, 0.6) is 5.75 Å². The van der Waals surface area contributed by atoms with E-state index in [1.54, 1.807) is 0 Å². The molecular formula is C25H28O. The maximum atomic E-state index is 5.67. The van der Waals surface area contributed by atoms with E-state index in [0.29, 0.717) is 6.61 Å². The van der Waals surface area contributed by atoms with Crippen LogP contribution in [0.2, 0.25) is 0 Å². The molecule has 3 aromatic rings. The number of ether oxygens (including phenoxy) is 1. The van der Waals surface area contributed by atoms with Crippen molar-refractivity contribution in [3.05, 3.63) is 99.6 Å². The first-order chi connectivity index (χ1) is 12.6. The summed E-state index contributed by atoms with van der Waals surface area (Å²) in [5.41, 5.74) is 9.52. The molecule has 0 aliphatic heterocycles. The van der Waals surface area contributed by atoms with E-state index in [4.69, 9.17) is 4.74 Å². The molecule has 3 aromatic carbocycles. The van der Waals surface area contributed by atoms with Crippen molar-refractivity contribution >= 4 is 0 Å². The fourth-order valence-electron chi connectivity index (χ4n) is 3.53. The highest BCUT2D eigenvalue weighted by Crippen LogP contribution is 2.25. The normalized spacial score (nSPS) is 10.8. The molecule has 0 amide bonds. The van der Waals surface area contributed by atoms with Gasteiger partial charge in [-0.1, -0.05) is 48.5 Å². The van der Waals surface area contributed by atoms with E-state index >= 15 is 0 Å². The average Bonchev–Trinajstić information content (AvgIpc) is 2.62. The summed E-state index contributed by atoms with van der Waals surface area (Å²) in [7, 11) is 0. The Balaban J connectivity index is 1.86. The van der Waals surface area contributed by atoms with Crippen molar-refractivity contribution < 1.29 is 4.74 Å². The molecule has 0 N–H and O–H groups in total. The van der Waals surface area contributed by atoms with Gasteiger partial charge in [0.1, 0.15) is 5.75 Å². The summed E-state index contributed by atoms with van der Waals surface area (Å²) in [5.74, 6) is 0.972. The molecule has 0 spiro atoms. The van der Waals surface area contributed by atoms with Crippen LogP contribution in [0.3, 0.4) is 0 Å². The summed E-state index contributed by atoms with van der Waals surface area (Å²) in [5, 5.41) is 0. The third-order valence-electron chi connectivity index (χ3n) is 5.01. The maximum Gasteiger partial charge on any atom is 0.119 e. The highest BCUT2D eigenvalue weighted by molar-refractivity contribution is 5.45. The van der Waals surface area contributed by atoms with Crippen LogP contribution >= 0.6 is 0 Å². The SMILES string of the molecule is CCOc1cc(C)c(Cc2ccc(C)c(Cc3ccccc3)c2)c(C)c1. The van der Waals surface area contributed by atoms with E-state index in [-0.39, 0.29) is 0 Å². The summed E-state index contributed by atoms with van der Waals surface area (Å²) in [4.78, 5) is 0. The Morgan fingerprint density at radius 1 is 0.692 bits per heavy atom. The largest absolute Gasteiger partial charge is 0.494 e. The summed E-state index contributed by atoms with van der Waals surface area (Å²) in [6.45, 7) is 9.31. The van der Waals surface area contributed by atoms with Gasteiger partial charge < -0.3 is 4.74 Å². The lowest BCUT2D eigenvalue weighted by Crippen LogP contribution is -2.00. The van der Waals surface area contributed by atoms with Gasteiger partial charge in [0.05, 0.1) is 6.61 Å². The van der Waals surface area contributed by atoms with Gasteiger partial charge in [-0.25, -0.2) is 0 Å². The van der Waals surface area contributed by atoms with Gasteiger partial charge in [0, 0.05) is 0 Å². The van der Waals surface area contributed by atoms with E-state index in [1.807, 2.05) is 6.92 Å². The second kappa shape index (κ2) is 8.23. The summed E-state index contributed by atoms with van der Waals surface area (Å²) in [6, 6.07) is 21.9. The van der Waals surface area contributed by atoms with Crippen LogP contribution in [0.15, 0.2) is 60.7 Å². The molecular weight excluding hydrogens is 316 g/mol. The smallest absolute Gasteiger partial charge is 0.119 e. The average molecular weight is 344 g/mol. The first-order valence-electron chi connectivity index (χ1n) is 9.42. The lowest BCUT2D eigenvalue weighted by Gasteiger charge is -2.15. The van der Waals surface area contributed by atoms with Gasteiger partial charge in [-0.05, 0) is 91.6 Å². The minimum atomic E-state index is 0.707. The highest BCUT2D eigenvalue weighted by atomic mass is 16.5. The van der Waals surface area contributed by atoms with Crippen LogP contribution in [0.25, 0.3) is 0 Å². The molecule has 0 bridgehead atoms. The van der Waals surface area contributed by atoms with Gasteiger partial charge in [0.2, 0.25) is 0 Å². The predicted molar refractivity (Wildman–Crippen MR) is 110 cm³/mol. The van der Waals surface area contributed by atoms with Crippen LogP contribution in [-0.4, -0.2) is 6.61 Å². The van der Waals surface area contributed by atoms with E-state index in [9.17, 15) is 0 Å². The molecule has 0 radical (unpaired) electrons. The van der Waals surface area contributed by atoms with Gasteiger partial charge in [-0.15, -0.1) is 0 Å². The van der Waals surface area contributed by atoms with Crippen LogP contribution < -0.4 is 4.74 Å². The second-order valence-electron chi connectivity index (χ2n) is 7.07. The summed E-state index contributed by atoms with van der Waals surface area (Å²) in [6.07, 6.45) is 1.95. The molecule has 0 aliphatic carbocycles. The third-order valence-corrected chi connectivity index (χ3v) is 5.01.